The van der Waals surface area contributed by atoms with Gasteiger partial charge in [-0.25, -0.2) is 0 Å². The molecule has 0 unspecified atom stereocenters. The van der Waals surface area contributed by atoms with Crippen LogP contribution in [0.2, 0.25) is 5.02 Å². The Balaban J connectivity index is 2.88. The van der Waals surface area contributed by atoms with Crippen LogP contribution in [0.5, 0.6) is 0 Å². The van der Waals surface area contributed by atoms with Crippen LogP contribution in [0.1, 0.15) is 10.4 Å². The number of hydrogen-bond acceptors (Lipinski definition) is 2. The van der Waals surface area contributed by atoms with Gasteiger partial charge in [-0.2, -0.15) is 0 Å². The van der Waals surface area contributed by atoms with Gasteiger partial charge in [-0.3, -0.25) is 9.59 Å². The Morgan fingerprint density at radius 1 is 1.35 bits per heavy atom. The van der Waals surface area contributed by atoms with E-state index in [9.17, 15) is 9.59 Å². The highest BCUT2D eigenvalue weighted by atomic mass is 35.5. The van der Waals surface area contributed by atoms with Crippen LogP contribution in [0.15, 0.2) is 24.3 Å². The molecule has 0 aliphatic carbocycles. The van der Waals surface area contributed by atoms with Crippen molar-refractivity contribution in [3.05, 3.63) is 34.9 Å². The summed E-state index contributed by atoms with van der Waals surface area (Å²) in [4.78, 5) is 23.6. The third kappa shape index (κ3) is 3.82. The highest BCUT2D eigenvalue weighted by molar-refractivity contribution is 6.30. The number of carbonyl (C=O) groups is 2. The number of terminal acetylenes is 1. The minimum atomic E-state index is -1.11. The number of carbonyl (C=O) groups excluding carboxylic acids is 1. The van der Waals surface area contributed by atoms with E-state index in [1.54, 1.807) is 12.1 Å². The second-order valence-electron chi connectivity index (χ2n) is 3.27. The predicted octanol–water partition coefficient (Wildman–Crippen LogP) is 1.50. The van der Waals surface area contributed by atoms with E-state index < -0.39 is 18.4 Å². The van der Waals surface area contributed by atoms with Crippen molar-refractivity contribution in [2.24, 2.45) is 0 Å². The number of hydrogen-bond donors (Lipinski definition) is 1. The maximum Gasteiger partial charge on any atom is 0.323 e. The van der Waals surface area contributed by atoms with Crippen LogP contribution in [0.4, 0.5) is 0 Å². The Morgan fingerprint density at radius 3 is 2.41 bits per heavy atom. The van der Waals surface area contributed by atoms with Crippen LogP contribution in [-0.4, -0.2) is 35.0 Å². The average Bonchev–Trinajstić information content (AvgIpc) is 2.28. The van der Waals surface area contributed by atoms with Crippen LogP contribution < -0.4 is 0 Å². The van der Waals surface area contributed by atoms with E-state index >= 15 is 0 Å². The van der Waals surface area contributed by atoms with E-state index in [-0.39, 0.29) is 6.54 Å². The molecule has 0 atom stereocenters. The topological polar surface area (TPSA) is 57.6 Å². The zero-order chi connectivity index (χ0) is 12.8. The number of halogens is 1. The van der Waals surface area contributed by atoms with Gasteiger partial charge < -0.3 is 10.0 Å². The fourth-order valence-corrected chi connectivity index (χ4v) is 1.37. The molecule has 1 N–H and O–H groups in total. The van der Waals surface area contributed by atoms with Crippen LogP contribution in [0.25, 0.3) is 0 Å². The summed E-state index contributed by atoms with van der Waals surface area (Å²) in [6, 6.07) is 6.17. The van der Waals surface area contributed by atoms with Gasteiger partial charge in [0.25, 0.3) is 5.91 Å². The summed E-state index contributed by atoms with van der Waals surface area (Å²) in [5.74, 6) is 0.713. The van der Waals surface area contributed by atoms with E-state index in [1.807, 2.05) is 0 Å². The highest BCUT2D eigenvalue weighted by Gasteiger charge is 2.17. The van der Waals surface area contributed by atoms with Crippen molar-refractivity contribution in [3.8, 4) is 12.3 Å². The molecule has 88 valence electrons. The second kappa shape index (κ2) is 5.92. The summed E-state index contributed by atoms with van der Waals surface area (Å²) in [5, 5.41) is 9.17. The Morgan fingerprint density at radius 2 is 1.94 bits per heavy atom. The zero-order valence-corrected chi connectivity index (χ0v) is 9.65. The van der Waals surface area contributed by atoms with E-state index in [4.69, 9.17) is 23.1 Å². The summed E-state index contributed by atoms with van der Waals surface area (Å²) >= 11 is 5.69. The Labute approximate surface area is 104 Å². The average molecular weight is 252 g/mol. The number of benzene rings is 1. The first-order valence-corrected chi connectivity index (χ1v) is 5.12. The van der Waals surface area contributed by atoms with Crippen molar-refractivity contribution in [1.82, 2.24) is 4.90 Å². The van der Waals surface area contributed by atoms with Gasteiger partial charge >= 0.3 is 5.97 Å². The van der Waals surface area contributed by atoms with Crippen molar-refractivity contribution in [2.75, 3.05) is 13.1 Å². The lowest BCUT2D eigenvalue weighted by molar-refractivity contribution is -0.137. The van der Waals surface area contributed by atoms with E-state index in [0.29, 0.717) is 10.6 Å². The minimum absolute atomic E-state index is 0.0479. The molecule has 0 spiro atoms. The van der Waals surface area contributed by atoms with Crippen molar-refractivity contribution in [3.63, 3.8) is 0 Å². The van der Waals surface area contributed by atoms with Gasteiger partial charge in [-0.15, -0.1) is 6.42 Å². The van der Waals surface area contributed by atoms with Crippen molar-refractivity contribution in [2.45, 2.75) is 0 Å². The van der Waals surface area contributed by atoms with Crippen molar-refractivity contribution < 1.29 is 14.7 Å². The summed E-state index contributed by atoms with van der Waals surface area (Å²) < 4.78 is 0. The number of rotatable bonds is 4. The van der Waals surface area contributed by atoms with Crippen LogP contribution >= 0.6 is 11.6 Å². The summed E-state index contributed by atoms with van der Waals surface area (Å²) in [6.45, 7) is -0.473. The lowest BCUT2D eigenvalue weighted by Crippen LogP contribution is -2.35. The maximum atomic E-state index is 11.9. The molecule has 1 aromatic carbocycles. The molecule has 0 heterocycles. The molecule has 0 aliphatic heterocycles. The van der Waals surface area contributed by atoms with Gasteiger partial charge in [-0.05, 0) is 24.3 Å². The monoisotopic (exact) mass is 251 g/mol. The number of carboxylic acids is 1. The summed E-state index contributed by atoms with van der Waals surface area (Å²) in [7, 11) is 0. The minimum Gasteiger partial charge on any atom is -0.480 e. The first-order chi connectivity index (χ1) is 8.04. The number of aliphatic carboxylic acids is 1. The molecule has 0 saturated carbocycles. The highest BCUT2D eigenvalue weighted by Crippen LogP contribution is 2.11. The molecule has 4 nitrogen and oxygen atoms in total. The van der Waals surface area contributed by atoms with E-state index in [2.05, 4.69) is 5.92 Å². The number of carboxylic acid groups (broad SMARTS) is 1. The Hall–Kier alpha value is -1.99. The molecule has 1 aromatic rings. The first kappa shape index (κ1) is 13.1. The Bertz CT molecular complexity index is 462. The largest absolute Gasteiger partial charge is 0.480 e. The molecule has 0 saturated heterocycles. The quantitative estimate of drug-likeness (QED) is 0.825. The predicted molar refractivity (Wildman–Crippen MR) is 63.8 cm³/mol. The fourth-order valence-electron chi connectivity index (χ4n) is 1.25. The molecule has 17 heavy (non-hydrogen) atoms. The normalized spacial score (nSPS) is 9.41. The number of amides is 1. The molecule has 0 radical (unpaired) electrons. The van der Waals surface area contributed by atoms with Crippen LogP contribution in [-0.2, 0) is 4.79 Å². The van der Waals surface area contributed by atoms with Gasteiger partial charge in [0, 0.05) is 10.6 Å². The lowest BCUT2D eigenvalue weighted by Gasteiger charge is -2.17. The van der Waals surface area contributed by atoms with Gasteiger partial charge in [-0.1, -0.05) is 17.5 Å². The van der Waals surface area contributed by atoms with Gasteiger partial charge in [0.2, 0.25) is 0 Å². The Kier molecular flexibility index (Phi) is 4.56. The summed E-state index contributed by atoms with van der Waals surface area (Å²) in [6.07, 6.45) is 5.09. The first-order valence-electron chi connectivity index (χ1n) is 4.74. The van der Waals surface area contributed by atoms with Gasteiger partial charge in [0.15, 0.2) is 0 Å². The standard InChI is InChI=1S/C12H10ClNO3/c1-2-7-14(8-11(15)16)12(17)9-3-5-10(13)6-4-9/h1,3-6H,7-8H2,(H,15,16). The van der Waals surface area contributed by atoms with E-state index in [1.165, 1.54) is 12.1 Å². The SMILES string of the molecule is C#CCN(CC(=O)O)C(=O)c1ccc(Cl)cc1. The third-order valence-corrected chi connectivity index (χ3v) is 2.24. The molecule has 0 bridgehead atoms. The smallest absolute Gasteiger partial charge is 0.323 e. The van der Waals surface area contributed by atoms with Crippen LogP contribution in [0.3, 0.4) is 0 Å². The molecule has 1 amide bonds. The molecule has 5 heteroatoms. The van der Waals surface area contributed by atoms with Gasteiger partial charge in [0.05, 0.1) is 6.54 Å². The molecule has 0 fully saturated rings. The molecule has 0 aliphatic rings. The van der Waals surface area contributed by atoms with Crippen molar-refractivity contribution in [1.29, 1.82) is 0 Å². The number of nitrogens with zero attached hydrogens (tertiary/aromatic N) is 1. The maximum absolute atomic E-state index is 11.9. The molecular formula is C12H10ClNO3. The summed E-state index contributed by atoms with van der Waals surface area (Å²) in [5.41, 5.74) is 0.353. The second-order valence-corrected chi connectivity index (χ2v) is 3.70. The molecule has 0 aromatic heterocycles. The van der Waals surface area contributed by atoms with Crippen LogP contribution in [0, 0.1) is 12.3 Å². The van der Waals surface area contributed by atoms with Gasteiger partial charge in [0.1, 0.15) is 6.54 Å². The zero-order valence-electron chi connectivity index (χ0n) is 8.89. The fraction of sp³-hybridized carbons (Fsp3) is 0.167. The molecule has 1 rings (SSSR count). The third-order valence-electron chi connectivity index (χ3n) is 1.99. The van der Waals surface area contributed by atoms with E-state index in [0.717, 1.165) is 4.90 Å². The molecular weight excluding hydrogens is 242 g/mol. The lowest BCUT2D eigenvalue weighted by atomic mass is 10.2. The van der Waals surface area contributed by atoms with Crippen molar-refractivity contribution >= 4 is 23.5 Å².